The van der Waals surface area contributed by atoms with Gasteiger partial charge in [-0.2, -0.15) is 0 Å². The zero-order valence-electron chi connectivity index (χ0n) is 13.3. The molecule has 4 heteroatoms. The summed E-state index contributed by atoms with van der Waals surface area (Å²) in [6, 6.07) is 10.1. The Balaban J connectivity index is 1.52. The number of benzene rings is 1. The van der Waals surface area contributed by atoms with Crippen molar-refractivity contribution in [2.24, 2.45) is 0 Å². The van der Waals surface area contributed by atoms with Crippen molar-refractivity contribution in [1.29, 1.82) is 0 Å². The molecule has 1 aliphatic heterocycles. The molecule has 1 unspecified atom stereocenters. The standard InChI is InChI=1S/C18H25N3O/c1-20-11-13-21(14-12-20)17-9-7-16(8-10-17)19-18(22)15-5-3-2-4-6-15/h2-7,17H,8-14H2,1H3,(H,19,22). The Morgan fingerprint density at radius 1 is 1.14 bits per heavy atom. The van der Waals surface area contributed by atoms with Crippen LogP contribution >= 0.6 is 0 Å². The fraction of sp³-hybridized carbons (Fsp3) is 0.500. The zero-order valence-corrected chi connectivity index (χ0v) is 13.3. The van der Waals surface area contributed by atoms with Gasteiger partial charge in [0, 0.05) is 43.5 Å². The Bertz CT molecular complexity index is 533. The van der Waals surface area contributed by atoms with E-state index in [-0.39, 0.29) is 5.91 Å². The maximum absolute atomic E-state index is 12.2. The number of allylic oxidation sites excluding steroid dienone is 1. The second-order valence-corrected chi connectivity index (χ2v) is 6.32. The van der Waals surface area contributed by atoms with E-state index < -0.39 is 0 Å². The first-order chi connectivity index (χ1) is 10.7. The SMILES string of the molecule is CN1CCN(C2CC=C(NC(=O)c3ccccc3)CC2)CC1. The summed E-state index contributed by atoms with van der Waals surface area (Å²) in [4.78, 5) is 17.2. The second kappa shape index (κ2) is 7.07. The van der Waals surface area contributed by atoms with Crippen molar-refractivity contribution in [3.8, 4) is 0 Å². The van der Waals surface area contributed by atoms with E-state index in [4.69, 9.17) is 0 Å². The molecule has 22 heavy (non-hydrogen) atoms. The van der Waals surface area contributed by atoms with Crippen LogP contribution in [-0.2, 0) is 0 Å². The topological polar surface area (TPSA) is 35.6 Å². The van der Waals surface area contributed by atoms with Crippen LogP contribution in [0.2, 0.25) is 0 Å². The number of piperazine rings is 1. The van der Waals surface area contributed by atoms with Crippen molar-refractivity contribution >= 4 is 5.91 Å². The van der Waals surface area contributed by atoms with E-state index >= 15 is 0 Å². The van der Waals surface area contributed by atoms with Gasteiger partial charge in [0.2, 0.25) is 0 Å². The molecule has 1 amide bonds. The predicted molar refractivity (Wildman–Crippen MR) is 88.7 cm³/mol. The van der Waals surface area contributed by atoms with Gasteiger partial charge < -0.3 is 10.2 Å². The van der Waals surface area contributed by atoms with E-state index in [0.29, 0.717) is 6.04 Å². The first kappa shape index (κ1) is 15.3. The normalized spacial score (nSPS) is 23.9. The molecule has 1 aromatic rings. The maximum atomic E-state index is 12.2. The van der Waals surface area contributed by atoms with Gasteiger partial charge in [0.15, 0.2) is 0 Å². The van der Waals surface area contributed by atoms with Crippen LogP contribution in [0.5, 0.6) is 0 Å². The molecule has 1 aliphatic carbocycles. The van der Waals surface area contributed by atoms with E-state index in [1.807, 2.05) is 30.3 Å². The number of carbonyl (C=O) groups is 1. The van der Waals surface area contributed by atoms with Gasteiger partial charge in [-0.05, 0) is 38.4 Å². The molecule has 1 N–H and O–H groups in total. The number of hydrogen-bond acceptors (Lipinski definition) is 3. The summed E-state index contributed by atoms with van der Waals surface area (Å²) in [6.07, 6.45) is 5.38. The zero-order chi connectivity index (χ0) is 15.4. The Morgan fingerprint density at radius 2 is 1.86 bits per heavy atom. The molecule has 0 spiro atoms. The van der Waals surface area contributed by atoms with Crippen LogP contribution in [0.1, 0.15) is 29.6 Å². The molecular weight excluding hydrogens is 274 g/mol. The summed E-state index contributed by atoms with van der Waals surface area (Å²) in [5.74, 6) is 0.00453. The smallest absolute Gasteiger partial charge is 0.255 e. The Kier molecular flexibility index (Phi) is 4.90. The van der Waals surface area contributed by atoms with Crippen LogP contribution in [0.25, 0.3) is 0 Å². The minimum absolute atomic E-state index is 0.00453. The number of amides is 1. The van der Waals surface area contributed by atoms with Gasteiger partial charge in [-0.15, -0.1) is 0 Å². The highest BCUT2D eigenvalue weighted by atomic mass is 16.1. The molecule has 2 aliphatic rings. The molecule has 1 saturated heterocycles. The molecule has 0 radical (unpaired) electrons. The molecule has 1 aromatic carbocycles. The van der Waals surface area contributed by atoms with E-state index in [1.54, 1.807) is 0 Å². The fourth-order valence-electron chi connectivity index (χ4n) is 3.26. The molecule has 1 atom stereocenters. The summed E-state index contributed by atoms with van der Waals surface area (Å²) in [7, 11) is 2.19. The lowest BCUT2D eigenvalue weighted by atomic mass is 9.97. The van der Waals surface area contributed by atoms with E-state index in [0.717, 1.165) is 43.6 Å². The highest BCUT2D eigenvalue weighted by molar-refractivity contribution is 5.95. The van der Waals surface area contributed by atoms with Crippen LogP contribution in [0.15, 0.2) is 42.1 Å². The van der Waals surface area contributed by atoms with Gasteiger partial charge in [0.25, 0.3) is 5.91 Å². The number of nitrogens with zero attached hydrogens (tertiary/aromatic N) is 2. The van der Waals surface area contributed by atoms with E-state index in [1.165, 1.54) is 13.1 Å². The van der Waals surface area contributed by atoms with Crippen LogP contribution in [0.3, 0.4) is 0 Å². The molecule has 0 aromatic heterocycles. The van der Waals surface area contributed by atoms with Crippen LogP contribution in [0.4, 0.5) is 0 Å². The van der Waals surface area contributed by atoms with Crippen LogP contribution in [-0.4, -0.2) is 55.0 Å². The van der Waals surface area contributed by atoms with Gasteiger partial charge in [-0.1, -0.05) is 24.3 Å². The first-order valence-corrected chi connectivity index (χ1v) is 8.20. The van der Waals surface area contributed by atoms with Crippen LogP contribution in [0, 0.1) is 0 Å². The lowest BCUT2D eigenvalue weighted by Gasteiger charge is -2.39. The van der Waals surface area contributed by atoms with Gasteiger partial charge in [0.05, 0.1) is 0 Å². The molecule has 4 nitrogen and oxygen atoms in total. The monoisotopic (exact) mass is 299 g/mol. The molecule has 3 rings (SSSR count). The van der Waals surface area contributed by atoms with Crippen molar-refractivity contribution in [2.45, 2.75) is 25.3 Å². The average molecular weight is 299 g/mol. The van der Waals surface area contributed by atoms with E-state index in [2.05, 4.69) is 28.2 Å². The third kappa shape index (κ3) is 3.76. The maximum Gasteiger partial charge on any atom is 0.255 e. The number of likely N-dealkylation sites (N-methyl/N-ethyl adjacent to an activating group) is 1. The first-order valence-electron chi connectivity index (χ1n) is 8.20. The molecule has 0 bridgehead atoms. The van der Waals surface area contributed by atoms with Crippen LogP contribution < -0.4 is 5.32 Å². The van der Waals surface area contributed by atoms with Gasteiger partial charge >= 0.3 is 0 Å². The summed E-state index contributed by atoms with van der Waals surface area (Å²) in [5, 5.41) is 3.06. The third-order valence-electron chi connectivity index (χ3n) is 4.75. The van der Waals surface area contributed by atoms with Crippen molar-refractivity contribution in [2.75, 3.05) is 33.2 Å². The molecule has 1 fully saturated rings. The summed E-state index contributed by atoms with van der Waals surface area (Å²) in [5.41, 5.74) is 1.81. The van der Waals surface area contributed by atoms with E-state index in [9.17, 15) is 4.79 Å². The highest BCUT2D eigenvalue weighted by Gasteiger charge is 2.24. The molecule has 1 heterocycles. The highest BCUT2D eigenvalue weighted by Crippen LogP contribution is 2.22. The molecule has 118 valence electrons. The number of carbonyl (C=O) groups excluding carboxylic acids is 1. The third-order valence-corrected chi connectivity index (χ3v) is 4.75. The Morgan fingerprint density at radius 3 is 2.50 bits per heavy atom. The van der Waals surface area contributed by atoms with Crippen molar-refractivity contribution in [1.82, 2.24) is 15.1 Å². The Hall–Kier alpha value is -1.65. The van der Waals surface area contributed by atoms with Crippen molar-refractivity contribution in [3.05, 3.63) is 47.7 Å². The summed E-state index contributed by atoms with van der Waals surface area (Å²) < 4.78 is 0. The molecule has 0 saturated carbocycles. The predicted octanol–water partition coefficient (Wildman–Crippen LogP) is 2.10. The number of nitrogens with one attached hydrogen (secondary N) is 1. The molecular formula is C18H25N3O. The van der Waals surface area contributed by atoms with Gasteiger partial charge in [-0.25, -0.2) is 0 Å². The quantitative estimate of drug-likeness (QED) is 0.928. The lowest BCUT2D eigenvalue weighted by molar-refractivity contribution is 0.0949. The minimum atomic E-state index is 0.00453. The summed E-state index contributed by atoms with van der Waals surface area (Å²) >= 11 is 0. The fourth-order valence-corrected chi connectivity index (χ4v) is 3.26. The lowest BCUT2D eigenvalue weighted by Crippen LogP contribution is -2.49. The number of rotatable bonds is 3. The average Bonchev–Trinajstić information content (AvgIpc) is 2.57. The summed E-state index contributed by atoms with van der Waals surface area (Å²) in [6.45, 7) is 4.66. The Labute approximate surface area is 132 Å². The second-order valence-electron chi connectivity index (χ2n) is 6.32. The largest absolute Gasteiger partial charge is 0.326 e. The van der Waals surface area contributed by atoms with Crippen molar-refractivity contribution in [3.63, 3.8) is 0 Å². The van der Waals surface area contributed by atoms with Crippen molar-refractivity contribution < 1.29 is 4.79 Å². The minimum Gasteiger partial charge on any atom is -0.326 e. The number of hydrogen-bond donors (Lipinski definition) is 1. The van der Waals surface area contributed by atoms with Gasteiger partial charge in [0.1, 0.15) is 0 Å². The van der Waals surface area contributed by atoms with Gasteiger partial charge in [-0.3, -0.25) is 9.69 Å².